The Balaban J connectivity index is 1.99. The summed E-state index contributed by atoms with van der Waals surface area (Å²) in [5.41, 5.74) is 6.06. The maximum atomic E-state index is 12.2. The summed E-state index contributed by atoms with van der Waals surface area (Å²) in [6.07, 6.45) is 1.50. The molecule has 0 spiro atoms. The fourth-order valence-corrected chi connectivity index (χ4v) is 2.11. The average Bonchev–Trinajstić information content (AvgIpc) is 2.42. The topological polar surface area (TPSA) is 80.5 Å². The maximum Gasteiger partial charge on any atom is 0.244 e. The first-order valence-electron chi connectivity index (χ1n) is 6.12. The van der Waals surface area contributed by atoms with Crippen LogP contribution in [0.5, 0.6) is 0 Å². The molecule has 1 aromatic heterocycles. The lowest BCUT2D eigenvalue weighted by atomic mass is 10.2. The van der Waals surface area contributed by atoms with E-state index in [1.807, 2.05) is 0 Å². The lowest BCUT2D eigenvalue weighted by molar-refractivity contribution is -0.135. The molecule has 0 bridgehead atoms. The first-order valence-corrected chi connectivity index (χ1v) is 6.50. The van der Waals surface area contributed by atoms with Gasteiger partial charge in [-0.1, -0.05) is 11.6 Å². The summed E-state index contributed by atoms with van der Waals surface area (Å²) < 4.78 is 5.22. The zero-order chi connectivity index (χ0) is 13.8. The first-order chi connectivity index (χ1) is 9.08. The maximum absolute atomic E-state index is 12.2. The number of rotatable bonds is 3. The van der Waals surface area contributed by atoms with E-state index in [4.69, 9.17) is 22.1 Å². The van der Waals surface area contributed by atoms with Gasteiger partial charge in [0.25, 0.3) is 0 Å². The molecular formula is C12H17ClN4O2. The molecular weight excluding hydrogens is 268 g/mol. The van der Waals surface area contributed by atoms with Crippen molar-refractivity contribution < 1.29 is 9.53 Å². The monoisotopic (exact) mass is 284 g/mol. The third kappa shape index (κ3) is 3.48. The van der Waals surface area contributed by atoms with E-state index in [9.17, 15) is 4.79 Å². The summed E-state index contributed by atoms with van der Waals surface area (Å²) in [4.78, 5) is 18.0. The molecule has 2 heterocycles. The number of pyridine rings is 1. The van der Waals surface area contributed by atoms with E-state index >= 15 is 0 Å². The average molecular weight is 285 g/mol. The Hall–Kier alpha value is -1.53. The summed E-state index contributed by atoms with van der Waals surface area (Å²) in [7, 11) is 0. The van der Waals surface area contributed by atoms with E-state index in [-0.39, 0.29) is 5.91 Å². The largest absolute Gasteiger partial charge is 0.397 e. The number of ether oxygens (including phenoxy) is 1. The van der Waals surface area contributed by atoms with Crippen molar-refractivity contribution in [3.8, 4) is 0 Å². The van der Waals surface area contributed by atoms with E-state index in [0.29, 0.717) is 42.8 Å². The fraction of sp³-hybridized carbons (Fsp3) is 0.500. The number of anilines is 2. The standard InChI is InChI=1S/C12H17ClN4O2/c1-8(12(18)17-2-4-19-5-3-17)16-11-10(13)6-9(14)7-15-11/h6-8H,2-5,14H2,1H3,(H,15,16). The molecule has 1 atom stereocenters. The number of carbonyl (C=O) groups is 1. The number of nitrogens with one attached hydrogen (secondary N) is 1. The van der Waals surface area contributed by atoms with Crippen LogP contribution in [-0.2, 0) is 9.53 Å². The number of halogens is 1. The van der Waals surface area contributed by atoms with Crippen LogP contribution in [0.4, 0.5) is 11.5 Å². The van der Waals surface area contributed by atoms with E-state index < -0.39 is 6.04 Å². The Bertz CT molecular complexity index is 463. The van der Waals surface area contributed by atoms with Gasteiger partial charge in [0, 0.05) is 13.1 Å². The minimum absolute atomic E-state index is 0.0120. The smallest absolute Gasteiger partial charge is 0.244 e. The molecule has 0 aliphatic carbocycles. The number of hydrogen-bond donors (Lipinski definition) is 2. The van der Waals surface area contributed by atoms with Gasteiger partial charge >= 0.3 is 0 Å². The van der Waals surface area contributed by atoms with Gasteiger partial charge in [0.1, 0.15) is 11.9 Å². The highest BCUT2D eigenvalue weighted by atomic mass is 35.5. The third-order valence-corrected chi connectivity index (χ3v) is 3.20. The van der Waals surface area contributed by atoms with Crippen LogP contribution in [0.25, 0.3) is 0 Å². The molecule has 104 valence electrons. The van der Waals surface area contributed by atoms with Crippen molar-refractivity contribution in [1.82, 2.24) is 9.88 Å². The van der Waals surface area contributed by atoms with Crippen molar-refractivity contribution in [2.45, 2.75) is 13.0 Å². The lowest BCUT2D eigenvalue weighted by Crippen LogP contribution is -2.47. The molecule has 0 aromatic carbocycles. The van der Waals surface area contributed by atoms with Gasteiger partial charge in [-0.15, -0.1) is 0 Å². The first kappa shape index (κ1) is 13.9. The van der Waals surface area contributed by atoms with Gasteiger partial charge in [-0.3, -0.25) is 4.79 Å². The molecule has 3 N–H and O–H groups in total. The highest BCUT2D eigenvalue weighted by Crippen LogP contribution is 2.21. The molecule has 19 heavy (non-hydrogen) atoms. The van der Waals surface area contributed by atoms with Crippen molar-refractivity contribution in [2.24, 2.45) is 0 Å². The van der Waals surface area contributed by atoms with Crippen molar-refractivity contribution in [2.75, 3.05) is 37.4 Å². The third-order valence-electron chi connectivity index (χ3n) is 2.91. The van der Waals surface area contributed by atoms with E-state index in [1.54, 1.807) is 17.9 Å². The molecule has 0 saturated carbocycles. The van der Waals surface area contributed by atoms with E-state index in [2.05, 4.69) is 10.3 Å². The number of nitrogens with zero attached hydrogens (tertiary/aromatic N) is 2. The number of nitrogen functional groups attached to an aromatic ring is 1. The fourth-order valence-electron chi connectivity index (χ4n) is 1.88. The van der Waals surface area contributed by atoms with Crippen LogP contribution in [0.2, 0.25) is 5.02 Å². The van der Waals surface area contributed by atoms with Gasteiger partial charge in [0.05, 0.1) is 30.1 Å². The predicted molar refractivity (Wildman–Crippen MR) is 74.1 cm³/mol. The summed E-state index contributed by atoms with van der Waals surface area (Å²) in [5.74, 6) is 0.475. The highest BCUT2D eigenvalue weighted by molar-refractivity contribution is 6.33. The molecule has 6 nitrogen and oxygen atoms in total. The van der Waals surface area contributed by atoms with Crippen LogP contribution in [0.3, 0.4) is 0 Å². The molecule has 1 aliphatic heterocycles. The number of aromatic nitrogens is 1. The number of carbonyl (C=O) groups excluding carboxylic acids is 1. The summed E-state index contributed by atoms with van der Waals surface area (Å²) in [6.45, 7) is 4.19. The molecule has 1 fully saturated rings. The molecule has 1 saturated heterocycles. The van der Waals surface area contributed by atoms with Gasteiger partial charge in [0.2, 0.25) is 5.91 Å². The Morgan fingerprint density at radius 3 is 2.89 bits per heavy atom. The summed E-state index contributed by atoms with van der Waals surface area (Å²) in [6, 6.07) is 1.20. The number of nitrogens with two attached hydrogens (primary N) is 1. The summed E-state index contributed by atoms with van der Waals surface area (Å²) in [5, 5.41) is 3.41. The second-order valence-corrected chi connectivity index (χ2v) is 4.81. The van der Waals surface area contributed by atoms with Crippen LogP contribution in [0.15, 0.2) is 12.3 Å². The van der Waals surface area contributed by atoms with Gasteiger partial charge < -0.3 is 20.7 Å². The molecule has 7 heteroatoms. The minimum Gasteiger partial charge on any atom is -0.397 e. The number of hydrogen-bond acceptors (Lipinski definition) is 5. The quantitative estimate of drug-likeness (QED) is 0.865. The number of amides is 1. The Kier molecular flexibility index (Phi) is 4.44. The van der Waals surface area contributed by atoms with Gasteiger partial charge in [0.15, 0.2) is 0 Å². The van der Waals surface area contributed by atoms with Crippen LogP contribution in [0.1, 0.15) is 6.92 Å². The van der Waals surface area contributed by atoms with Crippen molar-refractivity contribution in [3.05, 3.63) is 17.3 Å². The molecule has 0 radical (unpaired) electrons. The van der Waals surface area contributed by atoms with E-state index in [0.717, 1.165) is 0 Å². The van der Waals surface area contributed by atoms with E-state index in [1.165, 1.54) is 6.20 Å². The second kappa shape index (κ2) is 6.08. The summed E-state index contributed by atoms with van der Waals surface area (Å²) >= 11 is 6.01. The molecule has 1 aliphatic rings. The lowest BCUT2D eigenvalue weighted by Gasteiger charge is -2.29. The molecule has 1 amide bonds. The Morgan fingerprint density at radius 1 is 1.58 bits per heavy atom. The Morgan fingerprint density at radius 2 is 2.26 bits per heavy atom. The van der Waals surface area contributed by atoms with Crippen LogP contribution in [0, 0.1) is 0 Å². The minimum atomic E-state index is -0.397. The molecule has 1 aromatic rings. The van der Waals surface area contributed by atoms with Crippen molar-refractivity contribution in [3.63, 3.8) is 0 Å². The van der Waals surface area contributed by atoms with Gasteiger partial charge in [-0.25, -0.2) is 4.98 Å². The van der Waals surface area contributed by atoms with Gasteiger partial charge in [-0.05, 0) is 13.0 Å². The van der Waals surface area contributed by atoms with Crippen LogP contribution >= 0.6 is 11.6 Å². The predicted octanol–water partition coefficient (Wildman–Crippen LogP) is 0.976. The van der Waals surface area contributed by atoms with Crippen molar-refractivity contribution >= 4 is 29.0 Å². The zero-order valence-corrected chi connectivity index (χ0v) is 11.5. The Labute approximate surface area is 116 Å². The van der Waals surface area contributed by atoms with Crippen molar-refractivity contribution in [1.29, 1.82) is 0 Å². The highest BCUT2D eigenvalue weighted by Gasteiger charge is 2.23. The normalized spacial score (nSPS) is 17.1. The molecule has 2 rings (SSSR count). The SMILES string of the molecule is CC(Nc1ncc(N)cc1Cl)C(=O)N1CCOCC1. The molecule has 1 unspecified atom stereocenters. The van der Waals surface area contributed by atoms with Gasteiger partial charge in [-0.2, -0.15) is 0 Å². The second-order valence-electron chi connectivity index (χ2n) is 4.40. The zero-order valence-electron chi connectivity index (χ0n) is 10.7. The number of morpholine rings is 1. The van der Waals surface area contributed by atoms with Crippen LogP contribution in [-0.4, -0.2) is 48.1 Å². The van der Waals surface area contributed by atoms with Crippen LogP contribution < -0.4 is 11.1 Å².